The Hall–Kier alpha value is -5.02. The Kier molecular flexibility index (Phi) is 20.9. The van der Waals surface area contributed by atoms with Gasteiger partial charge in [0.15, 0.2) is 14.3 Å². The van der Waals surface area contributed by atoms with Crippen LogP contribution in [0.5, 0.6) is 28.7 Å². The largest absolute Gasteiger partial charge is 0.545 e. The average Bonchev–Trinajstić information content (AvgIpc) is 3.19. The molecule has 53 heavy (non-hydrogen) atoms. The molecule has 0 aliphatic carbocycles. The van der Waals surface area contributed by atoms with Crippen molar-refractivity contribution >= 4 is 18.0 Å². The van der Waals surface area contributed by atoms with Crippen molar-refractivity contribution in [2.24, 2.45) is 0 Å². The molecule has 5 rings (SSSR count). The van der Waals surface area contributed by atoms with Crippen LogP contribution in [-0.4, -0.2) is 47.5 Å². The zero-order chi connectivity index (χ0) is 39.0. The van der Waals surface area contributed by atoms with Gasteiger partial charge in [-0.15, -0.1) is 0 Å². The monoisotopic (exact) mass is 944 g/mol. The van der Waals surface area contributed by atoms with Crippen LogP contribution >= 0.6 is 0 Å². The Morgan fingerprint density at radius 2 is 0.717 bits per heavy atom. The molecule has 5 aromatic rings. The number of halogens is 2. The Morgan fingerprint density at radius 3 is 0.906 bits per heavy atom. The number of hydrogen-bond donors (Lipinski definition) is 0. The number of rotatable bonds is 12. The van der Waals surface area contributed by atoms with Gasteiger partial charge in [-0.05, 0) is 133 Å². The topological polar surface area (TPSA) is 126 Å². The van der Waals surface area contributed by atoms with Crippen molar-refractivity contribution < 1.29 is 85.9 Å². The number of carboxylic acid groups (broad SMARTS) is 2. The minimum atomic E-state index is -1.20. The maximum atomic E-state index is 10.1. The number of aliphatic carboxylic acids is 2. The van der Waals surface area contributed by atoms with Crippen molar-refractivity contribution in [2.45, 2.75) is 6.92 Å². The van der Waals surface area contributed by atoms with Gasteiger partial charge < -0.3 is 43.5 Å². The smallest absolute Gasteiger partial charge is 0.357 e. The molecule has 0 amide bonds. The molecule has 0 heterocycles. The maximum Gasteiger partial charge on any atom is 0.357 e. The number of ether oxygens (including phenoxy) is 5. The molecule has 0 spiro atoms. The van der Waals surface area contributed by atoms with Crippen LogP contribution in [0.15, 0.2) is 140 Å². The molecule has 0 bridgehead atoms. The minimum Gasteiger partial charge on any atom is -0.545 e. The van der Waals surface area contributed by atoms with E-state index in [4.69, 9.17) is 23.7 Å². The van der Waals surface area contributed by atoms with E-state index in [1.54, 1.807) is 59.8 Å². The first-order valence-electron chi connectivity index (χ1n) is 15.8. The van der Waals surface area contributed by atoms with Crippen molar-refractivity contribution in [3.8, 4) is 28.7 Å². The quantitative estimate of drug-likeness (QED) is 0.120. The number of hydrogen-bond acceptors (Lipinski definition) is 9. The first-order chi connectivity index (χ1) is 25.5. The van der Waals surface area contributed by atoms with E-state index in [1.807, 2.05) is 48.5 Å². The number of benzene rings is 5. The number of carboxylic acids is 2. The van der Waals surface area contributed by atoms with Gasteiger partial charge in [0.1, 0.15) is 28.7 Å². The molecule has 9 nitrogen and oxygen atoms in total. The van der Waals surface area contributed by atoms with Crippen LogP contribution in [0.4, 0.5) is 0 Å². The molecule has 0 aliphatic heterocycles. The van der Waals surface area contributed by atoms with Gasteiger partial charge in [-0.25, -0.2) is 0 Å². The third kappa shape index (κ3) is 18.3. The van der Waals surface area contributed by atoms with Crippen molar-refractivity contribution in [2.75, 3.05) is 35.5 Å². The lowest BCUT2D eigenvalue weighted by Gasteiger charge is -1.99. The highest BCUT2D eigenvalue weighted by Gasteiger charge is 2.16. The summed E-state index contributed by atoms with van der Waals surface area (Å²) < 4.78 is 31.1. The second-order valence-electron chi connectivity index (χ2n) is 10.3. The summed E-state index contributed by atoms with van der Waals surface area (Å²) in [6.07, 6.45) is 2.45. The molecule has 0 radical (unpaired) electrons. The summed E-state index contributed by atoms with van der Waals surface area (Å²) in [5.41, 5.74) is 0.861. The Morgan fingerprint density at radius 1 is 0.491 bits per heavy atom. The van der Waals surface area contributed by atoms with Gasteiger partial charge in [0.25, 0.3) is 0 Å². The predicted molar refractivity (Wildman–Crippen MR) is 194 cm³/mol. The van der Waals surface area contributed by atoms with Gasteiger partial charge in [0.2, 0.25) is 0 Å². The van der Waals surface area contributed by atoms with Gasteiger partial charge in [-0.3, -0.25) is 0 Å². The standard InChI is InChI=1S/2C14H14IO2.C10H10O3.C4H6O2/c2*1-16-13-7-3-11(4-8-13)15-12-5-9-14(17-2)10-6-12;1-13-9-5-2-8(3-6-9)4-7-10(11)12;1-3(2)4(5)6/h2*3-10H,1-2H3;2-7H,1H3,(H,11,12);1H2,2H3,(H,5,6)/q2*+1;;/p-2. The van der Waals surface area contributed by atoms with Crippen LogP contribution in [0.25, 0.3) is 6.08 Å². The fourth-order valence-corrected chi connectivity index (χ4v) is 7.98. The van der Waals surface area contributed by atoms with E-state index in [9.17, 15) is 19.8 Å². The lowest BCUT2D eigenvalue weighted by molar-refractivity contribution is -0.597. The predicted octanol–water partition coefficient (Wildman–Crippen LogP) is -0.565. The van der Waals surface area contributed by atoms with Gasteiger partial charge in [0, 0.05) is 0 Å². The van der Waals surface area contributed by atoms with Crippen LogP contribution in [-0.2, 0) is 9.59 Å². The van der Waals surface area contributed by atoms with Gasteiger partial charge in [-0.2, -0.15) is 0 Å². The minimum absolute atomic E-state index is 0.0648. The Bertz CT molecular complexity index is 1640. The molecule has 11 heteroatoms. The number of methoxy groups -OCH3 is 5. The number of carbonyl (C=O) groups excluding carboxylic acids is 2. The van der Waals surface area contributed by atoms with E-state index in [0.717, 1.165) is 40.4 Å². The van der Waals surface area contributed by atoms with Gasteiger partial charge >= 0.3 is 42.4 Å². The summed E-state index contributed by atoms with van der Waals surface area (Å²) in [5, 5.41) is 19.6. The molecule has 5 aromatic carbocycles. The van der Waals surface area contributed by atoms with Crippen LogP contribution in [0.3, 0.4) is 0 Å². The summed E-state index contributed by atoms with van der Waals surface area (Å²) in [6, 6.07) is 40.2. The van der Waals surface area contributed by atoms with Crippen LogP contribution in [0.1, 0.15) is 12.5 Å². The second-order valence-corrected chi connectivity index (χ2v) is 16.4. The highest BCUT2D eigenvalue weighted by Crippen LogP contribution is 2.12. The lowest BCUT2D eigenvalue weighted by Crippen LogP contribution is -3.61. The van der Waals surface area contributed by atoms with Gasteiger partial charge in [0.05, 0.1) is 47.5 Å². The van der Waals surface area contributed by atoms with Crippen LogP contribution in [0.2, 0.25) is 0 Å². The van der Waals surface area contributed by atoms with E-state index in [2.05, 4.69) is 55.1 Å². The fraction of sp³-hybridized carbons (Fsp3) is 0.143. The second kappa shape index (κ2) is 25.0. The summed E-state index contributed by atoms with van der Waals surface area (Å²) in [5.74, 6) is 2.00. The van der Waals surface area contributed by atoms with Crippen molar-refractivity contribution in [1.29, 1.82) is 0 Å². The summed E-state index contributed by atoms with van der Waals surface area (Å²) in [6.45, 7) is 4.48. The zero-order valence-electron chi connectivity index (χ0n) is 30.3. The van der Waals surface area contributed by atoms with E-state index in [1.165, 1.54) is 27.3 Å². The first kappa shape index (κ1) is 44.1. The van der Waals surface area contributed by atoms with Gasteiger partial charge in [-0.1, -0.05) is 24.8 Å². The Labute approximate surface area is 332 Å². The maximum absolute atomic E-state index is 10.1. The molecule has 0 N–H and O–H groups in total. The third-order valence-electron chi connectivity index (χ3n) is 6.51. The van der Waals surface area contributed by atoms with Crippen LogP contribution in [0, 0.1) is 14.3 Å². The summed E-state index contributed by atoms with van der Waals surface area (Å²) in [7, 11) is 8.33. The molecule has 0 atom stereocenters. The van der Waals surface area contributed by atoms with Crippen molar-refractivity contribution in [3.63, 3.8) is 0 Å². The molecule has 0 aromatic heterocycles. The molecular formula is C42H42I2O9. The highest BCUT2D eigenvalue weighted by molar-refractivity contribution is 5.83. The van der Waals surface area contributed by atoms with E-state index in [0.29, 0.717) is 0 Å². The van der Waals surface area contributed by atoms with E-state index < -0.39 is 11.9 Å². The van der Waals surface area contributed by atoms with Crippen LogP contribution < -0.4 is 76.3 Å². The molecular weight excluding hydrogens is 902 g/mol. The normalized spacial score (nSPS) is 9.77. The van der Waals surface area contributed by atoms with Crippen molar-refractivity contribution in [1.82, 2.24) is 0 Å². The van der Waals surface area contributed by atoms with Crippen molar-refractivity contribution in [3.05, 3.63) is 159 Å². The molecule has 0 unspecified atom stereocenters. The van der Waals surface area contributed by atoms with E-state index in [-0.39, 0.29) is 48.0 Å². The molecule has 278 valence electrons. The third-order valence-corrected chi connectivity index (χ3v) is 11.9. The zero-order valence-corrected chi connectivity index (χ0v) is 34.7. The number of carbonyl (C=O) groups is 2. The summed E-state index contributed by atoms with van der Waals surface area (Å²) >= 11 is -0.237. The fourth-order valence-electron chi connectivity index (χ4n) is 3.67. The summed E-state index contributed by atoms with van der Waals surface area (Å²) in [4.78, 5) is 19.6. The molecule has 0 saturated carbocycles. The lowest BCUT2D eigenvalue weighted by atomic mass is 10.2. The molecule has 0 aliphatic rings. The molecule has 0 fully saturated rings. The SMILES string of the molecule is C=C(C)C(=O)[O-].COc1ccc(C=CC(=O)[O-])cc1.COc1ccc([I+]c2ccc(OC)cc2)cc1.COc1ccc([I+]c2ccc(OC)cc2)cc1. The molecule has 0 saturated heterocycles. The first-order valence-corrected chi connectivity index (χ1v) is 20.1. The highest BCUT2D eigenvalue weighted by atomic mass is 127. The average molecular weight is 945 g/mol. The Balaban J connectivity index is 0.000000258. The van der Waals surface area contributed by atoms with E-state index >= 15 is 0 Å².